The molecule has 0 amide bonds. The molecule has 1 aromatic carbocycles. The molecule has 0 spiro atoms. The summed E-state index contributed by atoms with van der Waals surface area (Å²) in [4.78, 5) is 2.65. The van der Waals surface area contributed by atoms with Gasteiger partial charge in [0.25, 0.3) is 0 Å². The maximum absolute atomic E-state index is 3.62. The Morgan fingerprint density at radius 1 is 1.14 bits per heavy atom. The molecule has 1 heterocycles. The van der Waals surface area contributed by atoms with Crippen molar-refractivity contribution < 1.29 is 0 Å². The van der Waals surface area contributed by atoms with Crippen molar-refractivity contribution in [2.24, 2.45) is 5.92 Å². The van der Waals surface area contributed by atoms with E-state index in [2.05, 4.69) is 69.1 Å². The van der Waals surface area contributed by atoms with Crippen LogP contribution in [0.3, 0.4) is 0 Å². The van der Waals surface area contributed by atoms with E-state index in [0.717, 1.165) is 19.0 Å². The van der Waals surface area contributed by atoms with Gasteiger partial charge in [0.15, 0.2) is 0 Å². The third kappa shape index (κ3) is 5.12. The SMILES string of the molecule is CC1CCN(Cc2ccccc2CNC(C)(C)C)C(C)C1. The molecule has 2 heteroatoms. The van der Waals surface area contributed by atoms with E-state index in [9.17, 15) is 0 Å². The summed E-state index contributed by atoms with van der Waals surface area (Å²) in [5.74, 6) is 0.883. The second-order valence-corrected chi connectivity index (χ2v) is 7.82. The van der Waals surface area contributed by atoms with Crippen LogP contribution in [0.15, 0.2) is 24.3 Å². The van der Waals surface area contributed by atoms with Gasteiger partial charge in [-0.3, -0.25) is 4.90 Å². The lowest BCUT2D eigenvalue weighted by molar-refractivity contribution is 0.122. The molecule has 1 aromatic rings. The van der Waals surface area contributed by atoms with E-state index < -0.39 is 0 Å². The van der Waals surface area contributed by atoms with Gasteiger partial charge < -0.3 is 5.32 Å². The average molecular weight is 288 g/mol. The minimum Gasteiger partial charge on any atom is -0.308 e. The quantitative estimate of drug-likeness (QED) is 0.893. The van der Waals surface area contributed by atoms with Crippen molar-refractivity contribution in [1.29, 1.82) is 0 Å². The normalized spacial score (nSPS) is 24.2. The van der Waals surface area contributed by atoms with Gasteiger partial charge in [-0.15, -0.1) is 0 Å². The fourth-order valence-electron chi connectivity index (χ4n) is 3.15. The van der Waals surface area contributed by atoms with E-state index >= 15 is 0 Å². The third-order valence-corrected chi connectivity index (χ3v) is 4.58. The molecule has 2 atom stereocenters. The smallest absolute Gasteiger partial charge is 0.0239 e. The van der Waals surface area contributed by atoms with Crippen LogP contribution in [0.2, 0.25) is 0 Å². The largest absolute Gasteiger partial charge is 0.308 e. The highest BCUT2D eigenvalue weighted by Crippen LogP contribution is 2.24. The van der Waals surface area contributed by atoms with Crippen molar-refractivity contribution >= 4 is 0 Å². The van der Waals surface area contributed by atoms with Crippen LogP contribution < -0.4 is 5.32 Å². The lowest BCUT2D eigenvalue weighted by Crippen LogP contribution is -2.40. The molecule has 21 heavy (non-hydrogen) atoms. The summed E-state index contributed by atoms with van der Waals surface area (Å²) in [6, 6.07) is 9.60. The van der Waals surface area contributed by atoms with Gasteiger partial charge in [-0.1, -0.05) is 31.2 Å². The molecule has 2 nitrogen and oxygen atoms in total. The van der Waals surface area contributed by atoms with Gasteiger partial charge in [0.2, 0.25) is 0 Å². The molecule has 0 bridgehead atoms. The van der Waals surface area contributed by atoms with Crippen molar-refractivity contribution in [3.8, 4) is 0 Å². The highest BCUT2D eigenvalue weighted by atomic mass is 15.2. The highest BCUT2D eigenvalue weighted by molar-refractivity contribution is 5.27. The predicted molar refractivity (Wildman–Crippen MR) is 91.3 cm³/mol. The number of piperidine rings is 1. The number of hydrogen-bond donors (Lipinski definition) is 1. The van der Waals surface area contributed by atoms with E-state index in [4.69, 9.17) is 0 Å². The minimum atomic E-state index is 0.168. The standard InChI is InChI=1S/C19H32N2/c1-15-10-11-21(16(2)12-15)14-18-9-7-6-8-17(18)13-20-19(3,4)5/h6-9,15-16,20H,10-14H2,1-5H3. The van der Waals surface area contributed by atoms with Gasteiger partial charge in [-0.05, 0) is 64.1 Å². The summed E-state index contributed by atoms with van der Waals surface area (Å²) in [7, 11) is 0. The summed E-state index contributed by atoms with van der Waals surface area (Å²) in [5.41, 5.74) is 3.09. The molecule has 1 saturated heterocycles. The zero-order valence-corrected chi connectivity index (χ0v) is 14.4. The Kier molecular flexibility index (Phi) is 5.45. The van der Waals surface area contributed by atoms with Gasteiger partial charge in [0.05, 0.1) is 0 Å². The molecule has 2 unspecified atom stereocenters. The van der Waals surface area contributed by atoms with E-state index in [1.54, 1.807) is 0 Å². The predicted octanol–water partition coefficient (Wildman–Crippen LogP) is 4.20. The van der Waals surface area contributed by atoms with Crippen LogP contribution in [-0.2, 0) is 13.1 Å². The zero-order chi connectivity index (χ0) is 15.5. The number of nitrogens with zero attached hydrogens (tertiary/aromatic N) is 1. The molecule has 2 rings (SSSR count). The number of benzene rings is 1. The number of nitrogens with one attached hydrogen (secondary N) is 1. The van der Waals surface area contributed by atoms with Gasteiger partial charge in [0.1, 0.15) is 0 Å². The van der Waals surface area contributed by atoms with E-state index in [0.29, 0.717) is 6.04 Å². The molecule has 1 N–H and O–H groups in total. The number of rotatable bonds is 4. The Bertz CT molecular complexity index is 447. The summed E-state index contributed by atoms with van der Waals surface area (Å²) in [6.07, 6.45) is 2.68. The Labute approximate surface area is 130 Å². The molecule has 1 aliphatic heterocycles. The molecule has 0 aliphatic carbocycles. The molecule has 1 aliphatic rings. The third-order valence-electron chi connectivity index (χ3n) is 4.58. The Morgan fingerprint density at radius 3 is 2.43 bits per heavy atom. The lowest BCUT2D eigenvalue weighted by Gasteiger charge is -2.37. The first-order chi connectivity index (χ1) is 9.85. The van der Waals surface area contributed by atoms with Crippen LogP contribution in [-0.4, -0.2) is 23.0 Å². The van der Waals surface area contributed by atoms with Crippen molar-refractivity contribution in [2.75, 3.05) is 6.54 Å². The van der Waals surface area contributed by atoms with E-state index in [-0.39, 0.29) is 5.54 Å². The van der Waals surface area contributed by atoms with Crippen molar-refractivity contribution in [2.45, 2.75) is 72.1 Å². The summed E-state index contributed by atoms with van der Waals surface area (Å²) in [5, 5.41) is 3.62. The van der Waals surface area contributed by atoms with Gasteiger partial charge in [0, 0.05) is 24.7 Å². The molecule has 0 aromatic heterocycles. The molecular formula is C19H32N2. The maximum Gasteiger partial charge on any atom is 0.0239 e. The van der Waals surface area contributed by atoms with Crippen molar-refractivity contribution in [3.63, 3.8) is 0 Å². The Morgan fingerprint density at radius 2 is 1.81 bits per heavy atom. The Hall–Kier alpha value is -0.860. The second-order valence-electron chi connectivity index (χ2n) is 7.82. The first-order valence-corrected chi connectivity index (χ1v) is 8.41. The minimum absolute atomic E-state index is 0.168. The first-order valence-electron chi connectivity index (χ1n) is 8.41. The monoisotopic (exact) mass is 288 g/mol. The zero-order valence-electron chi connectivity index (χ0n) is 14.4. The van der Waals surface area contributed by atoms with Crippen LogP contribution in [0.4, 0.5) is 0 Å². The average Bonchev–Trinajstić information content (AvgIpc) is 2.40. The molecule has 1 fully saturated rings. The molecule has 0 radical (unpaired) electrons. The topological polar surface area (TPSA) is 15.3 Å². The lowest BCUT2D eigenvalue weighted by atomic mass is 9.92. The number of likely N-dealkylation sites (tertiary alicyclic amines) is 1. The van der Waals surface area contributed by atoms with Crippen LogP contribution in [0, 0.1) is 5.92 Å². The molecular weight excluding hydrogens is 256 g/mol. The highest BCUT2D eigenvalue weighted by Gasteiger charge is 2.23. The molecule has 118 valence electrons. The Balaban J connectivity index is 2.02. The fraction of sp³-hybridized carbons (Fsp3) is 0.684. The van der Waals surface area contributed by atoms with Crippen LogP contribution in [0.25, 0.3) is 0 Å². The summed E-state index contributed by atoms with van der Waals surface area (Å²) in [6.45, 7) is 14.7. The maximum atomic E-state index is 3.62. The summed E-state index contributed by atoms with van der Waals surface area (Å²) < 4.78 is 0. The van der Waals surface area contributed by atoms with Crippen LogP contribution in [0.1, 0.15) is 58.6 Å². The van der Waals surface area contributed by atoms with Gasteiger partial charge in [-0.2, -0.15) is 0 Å². The first kappa shape index (κ1) is 16.5. The molecule has 0 saturated carbocycles. The van der Waals surface area contributed by atoms with E-state index in [1.165, 1.54) is 30.5 Å². The van der Waals surface area contributed by atoms with E-state index in [1.807, 2.05) is 0 Å². The second kappa shape index (κ2) is 6.93. The van der Waals surface area contributed by atoms with Crippen LogP contribution in [0.5, 0.6) is 0 Å². The number of hydrogen-bond acceptors (Lipinski definition) is 2. The van der Waals surface area contributed by atoms with Crippen LogP contribution >= 0.6 is 0 Å². The van der Waals surface area contributed by atoms with Gasteiger partial charge in [-0.25, -0.2) is 0 Å². The van der Waals surface area contributed by atoms with Gasteiger partial charge >= 0.3 is 0 Å². The van der Waals surface area contributed by atoms with Crippen molar-refractivity contribution in [3.05, 3.63) is 35.4 Å². The fourth-order valence-corrected chi connectivity index (χ4v) is 3.15. The summed E-state index contributed by atoms with van der Waals surface area (Å²) >= 11 is 0. The van der Waals surface area contributed by atoms with Crippen molar-refractivity contribution in [1.82, 2.24) is 10.2 Å².